The number of amides is 2. The molecule has 0 aliphatic carbocycles. The fourth-order valence-electron chi connectivity index (χ4n) is 2.89. The number of hydrogen-bond acceptors (Lipinski definition) is 7. The number of nitrogens with zero attached hydrogens (tertiary/aromatic N) is 2. The summed E-state index contributed by atoms with van der Waals surface area (Å²) in [5, 5.41) is 25.3. The number of hydrogen-bond donors (Lipinski definition) is 6. The molecule has 1 aliphatic rings. The summed E-state index contributed by atoms with van der Waals surface area (Å²) in [7, 11) is 0. The van der Waals surface area contributed by atoms with Crippen LogP contribution in [0.2, 0.25) is 10.0 Å². The van der Waals surface area contributed by atoms with Crippen LogP contribution in [0.5, 0.6) is 11.5 Å². The Labute approximate surface area is 187 Å². The molecule has 31 heavy (non-hydrogen) atoms. The Bertz CT molecular complexity index is 1030. The maximum absolute atomic E-state index is 12.6. The number of halogens is 2. The average Bonchev–Trinajstić information content (AvgIpc) is 3.11. The molecule has 0 fully saturated rings. The monoisotopic (exact) mass is 465 g/mol. The van der Waals surface area contributed by atoms with Crippen LogP contribution in [-0.2, 0) is 9.59 Å². The molecule has 1 aliphatic heterocycles. The summed E-state index contributed by atoms with van der Waals surface area (Å²) >= 11 is 11.9. The fraction of sp³-hybridized carbons (Fsp3) is 0.105. The van der Waals surface area contributed by atoms with Crippen molar-refractivity contribution in [3.63, 3.8) is 0 Å². The minimum Gasteiger partial charge on any atom is -0.506 e. The third kappa shape index (κ3) is 5.18. The third-order valence-corrected chi connectivity index (χ3v) is 5.06. The first-order valence-corrected chi connectivity index (χ1v) is 9.58. The third-order valence-electron chi connectivity index (χ3n) is 4.40. The van der Waals surface area contributed by atoms with Crippen molar-refractivity contribution in [2.45, 2.75) is 0 Å². The van der Waals surface area contributed by atoms with Crippen molar-refractivity contribution in [2.75, 3.05) is 35.2 Å². The number of nitrogen functional groups attached to an aromatic ring is 2. The van der Waals surface area contributed by atoms with Crippen LogP contribution >= 0.6 is 23.2 Å². The minimum absolute atomic E-state index is 0.0772. The number of rotatable bonds is 6. The molecule has 161 valence electrons. The highest BCUT2D eigenvalue weighted by Crippen LogP contribution is 2.33. The Morgan fingerprint density at radius 3 is 1.74 bits per heavy atom. The second-order valence-corrected chi connectivity index (χ2v) is 7.67. The smallest absolute Gasteiger partial charge is 0.404 e. The van der Waals surface area contributed by atoms with Crippen molar-refractivity contribution in [3.8, 4) is 11.5 Å². The first-order valence-electron chi connectivity index (χ1n) is 8.83. The molecule has 1 heterocycles. The van der Waals surface area contributed by atoms with Crippen LogP contribution in [0.15, 0.2) is 36.7 Å². The molecule has 0 bridgehead atoms. The van der Waals surface area contributed by atoms with Crippen LogP contribution in [0.1, 0.15) is 0 Å². The van der Waals surface area contributed by atoms with Gasteiger partial charge in [0.15, 0.2) is 19.3 Å². The summed E-state index contributed by atoms with van der Waals surface area (Å²) in [6, 6.07) is 5.08. The number of benzene rings is 2. The van der Waals surface area contributed by atoms with E-state index < -0.39 is 11.8 Å². The highest BCUT2D eigenvalue weighted by molar-refractivity contribution is 6.34. The summed E-state index contributed by atoms with van der Waals surface area (Å²) in [4.78, 5) is 29.2. The molecule has 0 saturated heterocycles. The van der Waals surface area contributed by atoms with Gasteiger partial charge in [-0.2, -0.15) is 4.48 Å². The second kappa shape index (κ2) is 8.72. The summed E-state index contributed by atoms with van der Waals surface area (Å²) < 4.78 is -0.232. The Morgan fingerprint density at radius 1 is 0.903 bits per heavy atom. The highest BCUT2D eigenvalue weighted by atomic mass is 35.5. The van der Waals surface area contributed by atoms with Crippen molar-refractivity contribution >= 4 is 64.1 Å². The number of nitrogens with one attached hydrogen (secondary N) is 2. The SMILES string of the molecule is Nc1cc(O)c(NC(=O)C[N+]2(CC(=O)Nc3cc(Cl)c(N)cc3O)C=C[N+]=C2)cc1Cl. The van der Waals surface area contributed by atoms with Crippen LogP contribution in [0, 0.1) is 0 Å². The van der Waals surface area contributed by atoms with Crippen molar-refractivity contribution < 1.29 is 24.3 Å². The molecular formula is C19H19Cl2N6O4+2. The lowest BCUT2D eigenvalue weighted by Crippen LogP contribution is -2.50. The molecule has 0 atom stereocenters. The number of carbonyl (C=O) groups excluding carboxylic acids is 2. The number of phenols is 2. The molecule has 0 saturated carbocycles. The average molecular weight is 466 g/mol. The van der Waals surface area contributed by atoms with Crippen molar-refractivity contribution in [1.29, 1.82) is 0 Å². The summed E-state index contributed by atoms with van der Waals surface area (Å²) in [6.07, 6.45) is 4.44. The van der Waals surface area contributed by atoms with E-state index in [9.17, 15) is 19.8 Å². The molecule has 12 heteroatoms. The Hall–Kier alpha value is -3.47. The summed E-state index contributed by atoms with van der Waals surface area (Å²) in [6.45, 7) is -0.410. The van der Waals surface area contributed by atoms with Crippen LogP contribution in [0.25, 0.3) is 0 Å². The molecule has 0 aromatic heterocycles. The topological polar surface area (TPSA) is 165 Å². The lowest BCUT2D eigenvalue weighted by molar-refractivity contribution is -0.760. The van der Waals surface area contributed by atoms with E-state index in [1.165, 1.54) is 36.8 Å². The van der Waals surface area contributed by atoms with Gasteiger partial charge in [0.05, 0.1) is 32.8 Å². The van der Waals surface area contributed by atoms with Gasteiger partial charge in [-0.15, -0.1) is 0 Å². The quantitative estimate of drug-likeness (QED) is 0.216. The van der Waals surface area contributed by atoms with E-state index in [1.54, 1.807) is 6.20 Å². The lowest BCUT2D eigenvalue weighted by atomic mass is 10.2. The summed E-state index contributed by atoms with van der Waals surface area (Å²) in [5.74, 6) is -1.53. The van der Waals surface area contributed by atoms with Crippen molar-refractivity contribution in [2.24, 2.45) is 0 Å². The highest BCUT2D eigenvalue weighted by Gasteiger charge is 2.38. The summed E-state index contributed by atoms with van der Waals surface area (Å²) in [5.41, 5.74) is 11.7. The number of carbonyl (C=O) groups is 2. The number of nitrogens with two attached hydrogens (primary N) is 2. The molecule has 2 amide bonds. The zero-order valence-corrected chi connectivity index (χ0v) is 17.5. The van der Waals surface area contributed by atoms with Crippen molar-refractivity contribution in [3.05, 3.63) is 46.7 Å². The predicted octanol–water partition coefficient (Wildman–Crippen LogP) is 1.81. The van der Waals surface area contributed by atoms with Gasteiger partial charge in [-0.05, 0) is 12.1 Å². The largest absolute Gasteiger partial charge is 0.506 e. The molecule has 0 unspecified atom stereocenters. The normalized spacial score (nSPS) is 13.9. The van der Waals surface area contributed by atoms with Gasteiger partial charge >= 0.3 is 12.5 Å². The Kier molecular flexibility index (Phi) is 6.25. The zero-order valence-electron chi connectivity index (χ0n) is 16.0. The maximum Gasteiger partial charge on any atom is 0.404 e. The number of quaternary nitrogens is 1. The van der Waals surface area contributed by atoms with E-state index in [1.807, 2.05) is 0 Å². The fourth-order valence-corrected chi connectivity index (χ4v) is 3.22. The second-order valence-electron chi connectivity index (χ2n) is 6.86. The van der Waals surface area contributed by atoms with E-state index in [2.05, 4.69) is 15.6 Å². The maximum atomic E-state index is 12.6. The number of anilines is 4. The molecule has 0 spiro atoms. The van der Waals surface area contributed by atoms with E-state index in [0.717, 1.165) is 0 Å². The minimum atomic E-state index is -0.514. The molecule has 2 aromatic rings. The lowest BCUT2D eigenvalue weighted by Gasteiger charge is -2.22. The van der Waals surface area contributed by atoms with E-state index in [4.69, 9.17) is 34.7 Å². The molecular weight excluding hydrogens is 447 g/mol. The van der Waals surface area contributed by atoms with Gasteiger partial charge in [0, 0.05) is 12.1 Å². The number of phenolic OH excluding ortho intramolecular Hbond substituents is 2. The first kappa shape index (κ1) is 22.2. The van der Waals surface area contributed by atoms with Gasteiger partial charge in [0.1, 0.15) is 16.5 Å². The van der Waals surface area contributed by atoms with Crippen LogP contribution in [-0.4, -0.2) is 45.9 Å². The van der Waals surface area contributed by atoms with Crippen molar-refractivity contribution in [1.82, 2.24) is 4.99 Å². The van der Waals surface area contributed by atoms with Crippen LogP contribution < -0.4 is 27.1 Å². The van der Waals surface area contributed by atoms with Gasteiger partial charge in [0.2, 0.25) is 0 Å². The van der Waals surface area contributed by atoms with Gasteiger partial charge < -0.3 is 32.3 Å². The number of aliphatic imine (C=N–C) groups is 1. The Balaban J connectivity index is 1.71. The van der Waals surface area contributed by atoms with Gasteiger partial charge in [-0.3, -0.25) is 9.59 Å². The van der Waals surface area contributed by atoms with Gasteiger partial charge in [0.25, 0.3) is 11.8 Å². The van der Waals surface area contributed by atoms with Crippen LogP contribution in [0.3, 0.4) is 0 Å². The van der Waals surface area contributed by atoms with Gasteiger partial charge in [-0.25, -0.2) is 0 Å². The molecule has 8 N–H and O–H groups in total. The number of aromatic hydroxyl groups is 2. The van der Waals surface area contributed by atoms with Crippen LogP contribution in [0.4, 0.5) is 22.7 Å². The van der Waals surface area contributed by atoms with E-state index in [0.29, 0.717) is 0 Å². The van der Waals surface area contributed by atoms with Gasteiger partial charge in [-0.1, -0.05) is 23.2 Å². The molecule has 3 rings (SSSR count). The molecule has 1 radical (unpaired) electrons. The zero-order chi connectivity index (χ0) is 22.8. The molecule has 10 nitrogen and oxygen atoms in total. The van der Waals surface area contributed by atoms with E-state index in [-0.39, 0.29) is 61.9 Å². The molecule has 2 aromatic carbocycles. The first-order chi connectivity index (χ1) is 14.6. The predicted molar refractivity (Wildman–Crippen MR) is 120 cm³/mol. The standard InChI is InChI=1S/C19H18Cl2N6O4/c20-10-3-14(16(28)5-12(10)22)25-18(30)7-27(2-1-24-9-27)8-19(31)26-15-4-11(21)13(23)6-17(15)29/h1-6,9H,7-8,22-23H2,(H3-,25,26,28,29,30,31)/q+1/p+1. The Morgan fingerprint density at radius 2 is 1.35 bits per heavy atom. The van der Waals surface area contributed by atoms with E-state index >= 15 is 0 Å².